The Morgan fingerprint density at radius 2 is 2.25 bits per heavy atom. The molecule has 0 saturated carbocycles. The molecule has 0 spiro atoms. The third-order valence-electron chi connectivity index (χ3n) is 3.80. The minimum Gasteiger partial charge on any atom is -0.484 e. The van der Waals surface area contributed by atoms with Crippen LogP contribution in [0.25, 0.3) is 0 Å². The number of benzene rings is 1. The lowest BCUT2D eigenvalue weighted by Crippen LogP contribution is -2.39. The number of hydrogen-bond donors (Lipinski definition) is 1. The molecule has 2 amide bonds. The first-order valence-electron chi connectivity index (χ1n) is 7.92. The molecule has 1 aromatic heterocycles. The lowest BCUT2D eigenvalue weighted by Gasteiger charge is -2.22. The third kappa shape index (κ3) is 3.64. The topological polar surface area (TPSA) is 80.5 Å². The predicted molar refractivity (Wildman–Crippen MR) is 82.8 cm³/mol. The van der Waals surface area contributed by atoms with Gasteiger partial charge >= 0.3 is 6.03 Å². The fraction of sp³-hybridized carbons (Fsp3) is 0.438. The second-order valence-corrected chi connectivity index (χ2v) is 5.48. The molecule has 0 aliphatic carbocycles. The Kier molecular flexibility index (Phi) is 4.93. The number of rotatable bonds is 5. The van der Waals surface area contributed by atoms with Crippen LogP contribution in [0.2, 0.25) is 0 Å². The molecule has 1 aliphatic rings. The highest BCUT2D eigenvalue weighted by molar-refractivity contribution is 5.74. The van der Waals surface area contributed by atoms with Gasteiger partial charge in [0.05, 0.1) is 6.04 Å². The van der Waals surface area contributed by atoms with Crippen LogP contribution in [0.1, 0.15) is 37.5 Å². The van der Waals surface area contributed by atoms with E-state index >= 15 is 0 Å². The van der Waals surface area contributed by atoms with Crippen LogP contribution in [0.3, 0.4) is 0 Å². The number of amides is 2. The van der Waals surface area contributed by atoms with Gasteiger partial charge in [0.25, 0.3) is 5.89 Å². The van der Waals surface area contributed by atoms with Crippen molar-refractivity contribution in [3.8, 4) is 5.75 Å². The maximum absolute atomic E-state index is 12.8. The number of carbonyl (C=O) groups is 1. The average molecular weight is 334 g/mol. The highest BCUT2D eigenvalue weighted by atomic mass is 19.1. The summed E-state index contributed by atoms with van der Waals surface area (Å²) >= 11 is 0. The molecule has 2 heterocycles. The zero-order valence-electron chi connectivity index (χ0n) is 13.4. The monoisotopic (exact) mass is 334 g/mol. The molecular formula is C16H19FN4O3. The molecule has 1 fully saturated rings. The molecule has 1 N–H and O–H groups in total. The summed E-state index contributed by atoms with van der Waals surface area (Å²) in [5, 5.41) is 6.76. The zero-order valence-corrected chi connectivity index (χ0v) is 13.4. The van der Waals surface area contributed by atoms with Crippen molar-refractivity contribution in [3.05, 3.63) is 41.8 Å². The number of halogens is 1. The van der Waals surface area contributed by atoms with Crippen molar-refractivity contribution >= 4 is 6.03 Å². The summed E-state index contributed by atoms with van der Waals surface area (Å²) in [4.78, 5) is 18.1. The number of carbonyl (C=O) groups excluding carboxylic acids is 1. The van der Waals surface area contributed by atoms with Gasteiger partial charge in [0, 0.05) is 13.1 Å². The van der Waals surface area contributed by atoms with E-state index in [9.17, 15) is 9.18 Å². The second-order valence-electron chi connectivity index (χ2n) is 5.48. The first kappa shape index (κ1) is 16.2. The fourth-order valence-electron chi connectivity index (χ4n) is 2.67. The number of likely N-dealkylation sites (tertiary alicyclic amines) is 1. The Hall–Kier alpha value is -2.64. The minimum atomic E-state index is -0.325. The summed E-state index contributed by atoms with van der Waals surface area (Å²) in [6.07, 6.45) is 1.70. The quantitative estimate of drug-likeness (QED) is 0.909. The number of urea groups is 1. The fourth-order valence-corrected chi connectivity index (χ4v) is 2.67. The first-order valence-corrected chi connectivity index (χ1v) is 7.92. The van der Waals surface area contributed by atoms with E-state index in [4.69, 9.17) is 9.26 Å². The van der Waals surface area contributed by atoms with E-state index in [0.717, 1.165) is 12.8 Å². The van der Waals surface area contributed by atoms with Crippen molar-refractivity contribution in [2.45, 2.75) is 32.4 Å². The van der Waals surface area contributed by atoms with E-state index in [1.165, 1.54) is 24.3 Å². The Morgan fingerprint density at radius 3 is 3.00 bits per heavy atom. The van der Waals surface area contributed by atoms with Crippen LogP contribution in [0, 0.1) is 5.82 Å². The average Bonchev–Trinajstić information content (AvgIpc) is 3.23. The van der Waals surface area contributed by atoms with Crippen LogP contribution in [0.5, 0.6) is 5.75 Å². The summed E-state index contributed by atoms with van der Waals surface area (Å²) in [6, 6.07) is 5.39. The number of nitrogens with one attached hydrogen (secondary N) is 1. The minimum absolute atomic E-state index is 0.0898. The first-order chi connectivity index (χ1) is 11.7. The van der Waals surface area contributed by atoms with Crippen LogP contribution >= 0.6 is 0 Å². The summed E-state index contributed by atoms with van der Waals surface area (Å²) in [7, 11) is 0. The standard InChI is InChI=1S/C16H19FN4O3/c1-2-18-16(22)21-9-3-4-13(21)15-19-14(24-20-15)10-23-12-7-5-11(17)6-8-12/h5-8,13H,2-4,9-10H2,1H3,(H,18,22). The number of nitrogens with zero attached hydrogens (tertiary/aromatic N) is 3. The van der Waals surface area contributed by atoms with Crippen molar-refractivity contribution in [2.24, 2.45) is 0 Å². The molecule has 8 heteroatoms. The van der Waals surface area contributed by atoms with Gasteiger partial charge in [-0.2, -0.15) is 4.98 Å². The lowest BCUT2D eigenvalue weighted by atomic mass is 10.2. The van der Waals surface area contributed by atoms with Crippen molar-refractivity contribution < 1.29 is 18.4 Å². The molecule has 1 saturated heterocycles. The van der Waals surface area contributed by atoms with Crippen LogP contribution in [0.15, 0.2) is 28.8 Å². The molecule has 2 aromatic rings. The van der Waals surface area contributed by atoms with E-state index in [1.54, 1.807) is 4.90 Å². The van der Waals surface area contributed by atoms with Gasteiger partial charge in [-0.25, -0.2) is 9.18 Å². The van der Waals surface area contributed by atoms with Gasteiger partial charge in [-0.3, -0.25) is 0 Å². The van der Waals surface area contributed by atoms with Crippen molar-refractivity contribution in [2.75, 3.05) is 13.1 Å². The largest absolute Gasteiger partial charge is 0.484 e. The molecule has 1 aromatic carbocycles. The maximum Gasteiger partial charge on any atom is 0.318 e. The molecule has 128 valence electrons. The van der Waals surface area contributed by atoms with Crippen molar-refractivity contribution in [3.63, 3.8) is 0 Å². The Balaban J connectivity index is 1.62. The van der Waals surface area contributed by atoms with E-state index in [2.05, 4.69) is 15.5 Å². The highest BCUT2D eigenvalue weighted by Crippen LogP contribution is 2.30. The molecule has 0 bridgehead atoms. The Labute approximate surface area is 138 Å². The van der Waals surface area contributed by atoms with Gasteiger partial charge in [-0.05, 0) is 44.0 Å². The number of hydrogen-bond acceptors (Lipinski definition) is 5. The lowest BCUT2D eigenvalue weighted by molar-refractivity contribution is 0.190. The van der Waals surface area contributed by atoms with Crippen LogP contribution < -0.4 is 10.1 Å². The van der Waals surface area contributed by atoms with Crippen LogP contribution in [0.4, 0.5) is 9.18 Å². The summed E-state index contributed by atoms with van der Waals surface area (Å²) in [6.45, 7) is 3.21. The molecule has 1 atom stereocenters. The summed E-state index contributed by atoms with van der Waals surface area (Å²) < 4.78 is 23.5. The molecular weight excluding hydrogens is 315 g/mol. The van der Waals surface area contributed by atoms with Gasteiger partial charge < -0.3 is 19.5 Å². The van der Waals surface area contributed by atoms with Gasteiger partial charge in [-0.1, -0.05) is 5.16 Å². The van der Waals surface area contributed by atoms with Crippen LogP contribution in [-0.2, 0) is 6.61 Å². The number of aromatic nitrogens is 2. The van der Waals surface area contributed by atoms with E-state index in [0.29, 0.717) is 30.6 Å². The number of ether oxygens (including phenoxy) is 1. The SMILES string of the molecule is CCNC(=O)N1CCCC1c1noc(COc2ccc(F)cc2)n1. The molecule has 1 aliphatic heterocycles. The molecule has 7 nitrogen and oxygen atoms in total. The summed E-state index contributed by atoms with van der Waals surface area (Å²) in [5.74, 6) is 0.989. The van der Waals surface area contributed by atoms with Crippen LogP contribution in [-0.4, -0.2) is 34.2 Å². The van der Waals surface area contributed by atoms with E-state index < -0.39 is 0 Å². The smallest absolute Gasteiger partial charge is 0.318 e. The second kappa shape index (κ2) is 7.29. The maximum atomic E-state index is 12.8. The Morgan fingerprint density at radius 1 is 1.46 bits per heavy atom. The van der Waals surface area contributed by atoms with Gasteiger partial charge in [0.1, 0.15) is 11.6 Å². The highest BCUT2D eigenvalue weighted by Gasteiger charge is 2.33. The molecule has 1 unspecified atom stereocenters. The zero-order chi connectivity index (χ0) is 16.9. The Bertz CT molecular complexity index is 689. The molecule has 3 rings (SSSR count). The van der Waals surface area contributed by atoms with Gasteiger partial charge in [-0.15, -0.1) is 0 Å². The van der Waals surface area contributed by atoms with Gasteiger partial charge in [0.2, 0.25) is 0 Å². The van der Waals surface area contributed by atoms with E-state index in [1.807, 2.05) is 6.92 Å². The van der Waals surface area contributed by atoms with E-state index in [-0.39, 0.29) is 24.5 Å². The normalized spacial score (nSPS) is 17.1. The third-order valence-corrected chi connectivity index (χ3v) is 3.80. The van der Waals surface area contributed by atoms with Gasteiger partial charge in [0.15, 0.2) is 12.4 Å². The summed E-state index contributed by atoms with van der Waals surface area (Å²) in [5.41, 5.74) is 0. The molecule has 24 heavy (non-hydrogen) atoms. The predicted octanol–water partition coefficient (Wildman–Crippen LogP) is 2.65. The van der Waals surface area contributed by atoms with Crippen molar-refractivity contribution in [1.29, 1.82) is 0 Å². The van der Waals surface area contributed by atoms with Crippen molar-refractivity contribution in [1.82, 2.24) is 20.4 Å². The molecule has 0 radical (unpaired) electrons.